The number of hydrogen-bond donors (Lipinski definition) is 0. The predicted molar refractivity (Wildman–Crippen MR) is 90.8 cm³/mol. The molecule has 0 atom stereocenters. The molecular formula is C21H14O2. The van der Waals surface area contributed by atoms with E-state index in [0.717, 1.165) is 16.7 Å². The van der Waals surface area contributed by atoms with Crippen molar-refractivity contribution in [2.45, 2.75) is 0 Å². The fourth-order valence-electron chi connectivity index (χ4n) is 2.18. The summed E-state index contributed by atoms with van der Waals surface area (Å²) >= 11 is 0. The van der Waals surface area contributed by atoms with E-state index >= 15 is 0 Å². The number of carbonyl (C=O) groups is 1. The molecule has 0 fully saturated rings. The first-order chi connectivity index (χ1) is 11.3. The number of para-hydroxylation sites is 1. The van der Waals surface area contributed by atoms with Crippen LogP contribution >= 0.6 is 0 Å². The summed E-state index contributed by atoms with van der Waals surface area (Å²) in [5, 5.41) is 0. The zero-order valence-electron chi connectivity index (χ0n) is 12.4. The maximum Gasteiger partial charge on any atom is 0.390 e. The SMILES string of the molecule is O=C(C#Cc1ccccc1)Oc1ccccc1-c1ccccc1. The Labute approximate surface area is 135 Å². The third-order valence-corrected chi connectivity index (χ3v) is 3.26. The number of esters is 1. The second-order valence-corrected chi connectivity index (χ2v) is 4.87. The van der Waals surface area contributed by atoms with Crippen LogP contribution in [0.3, 0.4) is 0 Å². The summed E-state index contributed by atoms with van der Waals surface area (Å²) in [6.45, 7) is 0. The molecule has 0 saturated carbocycles. The van der Waals surface area contributed by atoms with Crippen LogP contribution in [0.4, 0.5) is 0 Å². The molecule has 0 aliphatic heterocycles. The fraction of sp³-hybridized carbons (Fsp3) is 0. The van der Waals surface area contributed by atoms with Gasteiger partial charge in [0, 0.05) is 17.0 Å². The molecule has 2 nitrogen and oxygen atoms in total. The maximum atomic E-state index is 12.0. The van der Waals surface area contributed by atoms with Crippen molar-refractivity contribution < 1.29 is 9.53 Å². The molecule has 23 heavy (non-hydrogen) atoms. The lowest BCUT2D eigenvalue weighted by atomic mass is 10.1. The van der Waals surface area contributed by atoms with Crippen molar-refractivity contribution in [1.82, 2.24) is 0 Å². The third-order valence-electron chi connectivity index (χ3n) is 3.26. The van der Waals surface area contributed by atoms with Crippen LogP contribution < -0.4 is 4.74 Å². The summed E-state index contributed by atoms with van der Waals surface area (Å²) in [6.07, 6.45) is 0. The lowest BCUT2D eigenvalue weighted by Gasteiger charge is -2.08. The number of rotatable bonds is 2. The molecule has 2 heteroatoms. The van der Waals surface area contributed by atoms with E-state index in [1.54, 1.807) is 6.07 Å². The topological polar surface area (TPSA) is 26.3 Å². The minimum atomic E-state index is -0.572. The van der Waals surface area contributed by atoms with Crippen LogP contribution in [-0.2, 0) is 4.79 Å². The molecule has 0 aliphatic rings. The van der Waals surface area contributed by atoms with Crippen LogP contribution in [0.25, 0.3) is 11.1 Å². The molecule has 0 heterocycles. The zero-order chi connectivity index (χ0) is 15.9. The molecule has 0 aromatic heterocycles. The minimum Gasteiger partial charge on any atom is -0.416 e. The van der Waals surface area contributed by atoms with E-state index in [9.17, 15) is 4.79 Å². The van der Waals surface area contributed by atoms with E-state index < -0.39 is 5.97 Å². The zero-order valence-corrected chi connectivity index (χ0v) is 12.4. The first kappa shape index (κ1) is 14.6. The van der Waals surface area contributed by atoms with Crippen molar-refractivity contribution in [3.63, 3.8) is 0 Å². The molecule has 0 radical (unpaired) electrons. The van der Waals surface area contributed by atoms with Crippen molar-refractivity contribution >= 4 is 5.97 Å². The summed E-state index contributed by atoms with van der Waals surface area (Å²) in [6, 6.07) is 26.6. The minimum absolute atomic E-state index is 0.506. The van der Waals surface area contributed by atoms with Crippen molar-refractivity contribution in [2.75, 3.05) is 0 Å². The van der Waals surface area contributed by atoms with E-state index in [-0.39, 0.29) is 0 Å². The Morgan fingerprint density at radius 1 is 0.739 bits per heavy atom. The lowest BCUT2D eigenvalue weighted by Crippen LogP contribution is -2.05. The van der Waals surface area contributed by atoms with E-state index in [2.05, 4.69) is 11.8 Å². The Kier molecular flexibility index (Phi) is 4.52. The van der Waals surface area contributed by atoms with Gasteiger partial charge in [0.25, 0.3) is 0 Å². The molecule has 3 aromatic rings. The van der Waals surface area contributed by atoms with Gasteiger partial charge in [-0.3, -0.25) is 0 Å². The standard InChI is InChI=1S/C21H14O2/c22-21(16-15-17-9-3-1-4-10-17)23-20-14-8-7-13-19(20)18-11-5-2-6-12-18/h1-14H. The van der Waals surface area contributed by atoms with Gasteiger partial charge in [-0.05, 0) is 23.8 Å². The van der Waals surface area contributed by atoms with Crippen molar-refractivity contribution in [1.29, 1.82) is 0 Å². The Hall–Kier alpha value is -3.31. The highest BCUT2D eigenvalue weighted by Gasteiger charge is 2.08. The van der Waals surface area contributed by atoms with Gasteiger partial charge >= 0.3 is 5.97 Å². The molecule has 0 amide bonds. The van der Waals surface area contributed by atoms with E-state index in [4.69, 9.17) is 4.74 Å². The van der Waals surface area contributed by atoms with E-state index in [0.29, 0.717) is 5.75 Å². The van der Waals surface area contributed by atoms with Crippen molar-refractivity contribution in [2.24, 2.45) is 0 Å². The van der Waals surface area contributed by atoms with Crippen LogP contribution in [0, 0.1) is 11.8 Å². The van der Waals surface area contributed by atoms with Gasteiger partial charge in [-0.2, -0.15) is 0 Å². The molecular weight excluding hydrogens is 284 g/mol. The van der Waals surface area contributed by atoms with Crippen LogP contribution in [0.5, 0.6) is 5.75 Å². The van der Waals surface area contributed by atoms with Crippen molar-refractivity contribution in [3.05, 3.63) is 90.5 Å². The highest BCUT2D eigenvalue weighted by Crippen LogP contribution is 2.29. The summed E-state index contributed by atoms with van der Waals surface area (Å²) in [7, 11) is 0. The smallest absolute Gasteiger partial charge is 0.390 e. The molecule has 0 aliphatic carbocycles. The molecule has 0 unspecified atom stereocenters. The normalized spacial score (nSPS) is 9.57. The number of hydrogen-bond acceptors (Lipinski definition) is 2. The molecule has 3 rings (SSSR count). The maximum absolute atomic E-state index is 12.0. The van der Waals surface area contributed by atoms with E-state index in [1.807, 2.05) is 78.9 Å². The van der Waals surface area contributed by atoms with Gasteiger partial charge in [-0.25, -0.2) is 4.79 Å². The highest BCUT2D eigenvalue weighted by molar-refractivity contribution is 5.92. The summed E-state index contributed by atoms with van der Waals surface area (Å²) in [5.74, 6) is 5.25. The molecule has 3 aromatic carbocycles. The molecule has 0 bridgehead atoms. The van der Waals surface area contributed by atoms with Crippen LogP contribution in [0.15, 0.2) is 84.9 Å². The summed E-state index contributed by atoms with van der Waals surface area (Å²) in [5.41, 5.74) is 2.63. The Bertz CT molecular complexity index is 856. The van der Waals surface area contributed by atoms with Gasteiger partial charge in [0.05, 0.1) is 0 Å². The first-order valence-corrected chi connectivity index (χ1v) is 7.26. The number of ether oxygens (including phenoxy) is 1. The number of benzene rings is 3. The van der Waals surface area contributed by atoms with Gasteiger partial charge in [-0.1, -0.05) is 72.7 Å². The second kappa shape index (κ2) is 7.11. The van der Waals surface area contributed by atoms with Gasteiger partial charge < -0.3 is 4.74 Å². The predicted octanol–water partition coefficient (Wildman–Crippen LogP) is 4.31. The molecule has 0 spiro atoms. The monoisotopic (exact) mass is 298 g/mol. The molecule has 0 N–H and O–H groups in total. The second-order valence-electron chi connectivity index (χ2n) is 4.87. The van der Waals surface area contributed by atoms with Crippen LogP contribution in [-0.4, -0.2) is 5.97 Å². The van der Waals surface area contributed by atoms with Gasteiger partial charge in [0.2, 0.25) is 0 Å². The number of carbonyl (C=O) groups excluding carboxylic acids is 1. The average Bonchev–Trinajstić information content (AvgIpc) is 2.62. The Morgan fingerprint density at radius 3 is 2.09 bits per heavy atom. The highest BCUT2D eigenvalue weighted by atomic mass is 16.5. The van der Waals surface area contributed by atoms with Gasteiger partial charge in [0.15, 0.2) is 0 Å². The van der Waals surface area contributed by atoms with Gasteiger partial charge in [0.1, 0.15) is 5.75 Å². The molecule has 110 valence electrons. The van der Waals surface area contributed by atoms with Crippen LogP contribution in [0.2, 0.25) is 0 Å². The quantitative estimate of drug-likeness (QED) is 0.400. The Balaban J connectivity index is 1.81. The fourth-order valence-corrected chi connectivity index (χ4v) is 2.18. The average molecular weight is 298 g/mol. The lowest BCUT2D eigenvalue weighted by molar-refractivity contribution is -0.127. The summed E-state index contributed by atoms with van der Waals surface area (Å²) < 4.78 is 5.41. The third kappa shape index (κ3) is 3.87. The Morgan fingerprint density at radius 2 is 1.35 bits per heavy atom. The van der Waals surface area contributed by atoms with Crippen molar-refractivity contribution in [3.8, 4) is 28.7 Å². The first-order valence-electron chi connectivity index (χ1n) is 7.26. The van der Waals surface area contributed by atoms with Crippen LogP contribution in [0.1, 0.15) is 5.56 Å². The summed E-state index contributed by atoms with van der Waals surface area (Å²) in [4.78, 5) is 12.0. The largest absolute Gasteiger partial charge is 0.416 e. The van der Waals surface area contributed by atoms with Gasteiger partial charge in [-0.15, -0.1) is 0 Å². The van der Waals surface area contributed by atoms with E-state index in [1.165, 1.54) is 0 Å². The molecule has 0 saturated heterocycles.